The topological polar surface area (TPSA) is 62.2 Å². The molecule has 0 fully saturated rings. The maximum Gasteiger partial charge on any atom is 0.417 e. The lowest BCUT2D eigenvalue weighted by Gasteiger charge is -2.12. The highest BCUT2D eigenvalue weighted by molar-refractivity contribution is 6.33. The first-order chi connectivity index (χ1) is 14.7. The largest absolute Gasteiger partial charge is 0.497 e. The highest BCUT2D eigenvalue weighted by Gasteiger charge is 2.32. The third-order valence-corrected chi connectivity index (χ3v) is 5.10. The first-order valence-corrected chi connectivity index (χ1v) is 9.98. The van der Waals surface area contributed by atoms with Gasteiger partial charge in [0.15, 0.2) is 0 Å². The van der Waals surface area contributed by atoms with E-state index in [1.165, 1.54) is 14.2 Å². The van der Waals surface area contributed by atoms with Gasteiger partial charge in [0.2, 0.25) is 5.88 Å². The Kier molecular flexibility index (Phi) is 7.38. The number of nitrogens with zero attached hydrogens (tertiary/aromatic N) is 2. The number of ether oxygens (including phenoxy) is 3. The first kappa shape index (κ1) is 23.3. The Labute approximate surface area is 186 Å². The van der Waals surface area contributed by atoms with E-state index in [2.05, 4.69) is 10.1 Å². The van der Waals surface area contributed by atoms with Crippen LogP contribution in [0.4, 0.5) is 13.2 Å². The van der Waals surface area contributed by atoms with Gasteiger partial charge in [0, 0.05) is 24.2 Å². The Bertz CT molecular complexity index is 970. The summed E-state index contributed by atoms with van der Waals surface area (Å²) in [5, 5.41) is 4.34. The normalized spacial score (nSPS) is 16.0. The summed E-state index contributed by atoms with van der Waals surface area (Å²) in [4.78, 5) is 9.13. The standard InChI is InChI=1S/C20H19Cl2F3N2O4/c1-28-13-7-14(18(29-2)15(21)8-13)17-9-12(31-27-17)4-3-5-30-19-16(22)6-11(10-26-19)20(23,24)25/h6-8,10,12H,3-5,9H2,1-2H3. The Hall–Kier alpha value is -2.39. The number of methoxy groups -OCH3 is 2. The SMILES string of the molecule is COc1cc(Cl)c(OC)c(C2=NOC(CCCOc3ncc(C(F)(F)F)cc3Cl)C2)c1. The minimum atomic E-state index is -4.51. The molecule has 0 amide bonds. The van der Waals surface area contributed by atoms with Gasteiger partial charge in [-0.25, -0.2) is 4.98 Å². The number of benzene rings is 1. The molecule has 6 nitrogen and oxygen atoms in total. The molecule has 0 saturated carbocycles. The number of hydrogen-bond donors (Lipinski definition) is 0. The third kappa shape index (κ3) is 5.65. The second-order valence-electron chi connectivity index (χ2n) is 6.66. The Morgan fingerprint density at radius 2 is 1.90 bits per heavy atom. The van der Waals surface area contributed by atoms with Crippen LogP contribution in [0.3, 0.4) is 0 Å². The molecule has 1 aromatic carbocycles. The molecular weight excluding hydrogens is 460 g/mol. The van der Waals surface area contributed by atoms with Crippen LogP contribution in [-0.4, -0.2) is 37.6 Å². The summed E-state index contributed by atoms with van der Waals surface area (Å²) in [7, 11) is 3.05. The van der Waals surface area contributed by atoms with Gasteiger partial charge in [-0.3, -0.25) is 0 Å². The number of hydrogen-bond acceptors (Lipinski definition) is 6. The summed E-state index contributed by atoms with van der Waals surface area (Å²) >= 11 is 12.1. The first-order valence-electron chi connectivity index (χ1n) is 9.23. The second-order valence-corrected chi connectivity index (χ2v) is 7.47. The van der Waals surface area contributed by atoms with Crippen molar-refractivity contribution in [1.82, 2.24) is 4.98 Å². The molecule has 0 spiro atoms. The summed E-state index contributed by atoms with van der Waals surface area (Å²) in [6.45, 7) is 0.210. The van der Waals surface area contributed by atoms with Gasteiger partial charge < -0.3 is 19.0 Å². The molecule has 2 heterocycles. The molecular formula is C20H19Cl2F3N2O4. The molecule has 3 rings (SSSR count). The fraction of sp³-hybridized carbons (Fsp3) is 0.400. The van der Waals surface area contributed by atoms with Crippen molar-refractivity contribution in [3.05, 3.63) is 45.6 Å². The fourth-order valence-corrected chi connectivity index (χ4v) is 3.52. The van der Waals surface area contributed by atoms with Crippen molar-refractivity contribution in [3.8, 4) is 17.4 Å². The van der Waals surface area contributed by atoms with Crippen LogP contribution in [0.25, 0.3) is 0 Å². The number of oxime groups is 1. The smallest absolute Gasteiger partial charge is 0.417 e. The van der Waals surface area contributed by atoms with Gasteiger partial charge in [0.25, 0.3) is 0 Å². The van der Waals surface area contributed by atoms with E-state index in [1.807, 2.05) is 0 Å². The van der Waals surface area contributed by atoms with Crippen molar-refractivity contribution in [1.29, 1.82) is 0 Å². The Balaban J connectivity index is 1.52. The van der Waals surface area contributed by atoms with Gasteiger partial charge in [0.1, 0.15) is 22.6 Å². The highest BCUT2D eigenvalue weighted by atomic mass is 35.5. The molecule has 1 aliphatic heterocycles. The van der Waals surface area contributed by atoms with Gasteiger partial charge in [-0.2, -0.15) is 13.2 Å². The average Bonchev–Trinajstić information content (AvgIpc) is 3.19. The monoisotopic (exact) mass is 478 g/mol. The van der Waals surface area contributed by atoms with Crippen LogP contribution >= 0.6 is 23.2 Å². The molecule has 0 saturated heterocycles. The van der Waals surface area contributed by atoms with Crippen molar-refractivity contribution in [2.45, 2.75) is 31.5 Å². The van der Waals surface area contributed by atoms with E-state index in [9.17, 15) is 13.2 Å². The highest BCUT2D eigenvalue weighted by Crippen LogP contribution is 2.36. The molecule has 11 heteroatoms. The molecule has 0 radical (unpaired) electrons. The lowest BCUT2D eigenvalue weighted by atomic mass is 10.0. The molecule has 1 unspecified atom stereocenters. The van der Waals surface area contributed by atoms with Crippen molar-refractivity contribution < 1.29 is 32.2 Å². The molecule has 1 aromatic heterocycles. The molecule has 0 aliphatic carbocycles. The van der Waals surface area contributed by atoms with Gasteiger partial charge in [0.05, 0.1) is 37.1 Å². The Morgan fingerprint density at radius 3 is 2.55 bits per heavy atom. The molecule has 1 atom stereocenters. The lowest BCUT2D eigenvalue weighted by molar-refractivity contribution is -0.137. The summed E-state index contributed by atoms with van der Waals surface area (Å²) in [5.41, 5.74) is 0.435. The maximum atomic E-state index is 12.7. The minimum absolute atomic E-state index is 0.0466. The van der Waals surface area contributed by atoms with Crippen LogP contribution in [-0.2, 0) is 11.0 Å². The van der Waals surface area contributed by atoms with E-state index in [0.29, 0.717) is 53.3 Å². The quantitative estimate of drug-likeness (QED) is 0.450. The van der Waals surface area contributed by atoms with Gasteiger partial charge in [-0.1, -0.05) is 28.4 Å². The van der Waals surface area contributed by atoms with Crippen LogP contribution in [0.1, 0.15) is 30.4 Å². The van der Waals surface area contributed by atoms with Crippen LogP contribution in [0.2, 0.25) is 10.0 Å². The molecule has 31 heavy (non-hydrogen) atoms. The van der Waals surface area contributed by atoms with E-state index >= 15 is 0 Å². The zero-order valence-electron chi connectivity index (χ0n) is 16.6. The van der Waals surface area contributed by atoms with Crippen LogP contribution in [0.5, 0.6) is 17.4 Å². The maximum absolute atomic E-state index is 12.7. The molecule has 2 aromatic rings. The van der Waals surface area contributed by atoms with Crippen molar-refractivity contribution in [3.63, 3.8) is 0 Å². The van der Waals surface area contributed by atoms with E-state index < -0.39 is 11.7 Å². The third-order valence-electron chi connectivity index (χ3n) is 4.54. The number of alkyl halides is 3. The van der Waals surface area contributed by atoms with E-state index in [4.69, 9.17) is 42.3 Å². The number of pyridine rings is 1. The predicted molar refractivity (Wildman–Crippen MR) is 110 cm³/mol. The average molecular weight is 479 g/mol. The molecule has 168 valence electrons. The fourth-order valence-electron chi connectivity index (χ4n) is 3.02. The minimum Gasteiger partial charge on any atom is -0.497 e. The zero-order chi connectivity index (χ0) is 22.6. The number of aromatic nitrogens is 1. The molecule has 1 aliphatic rings. The van der Waals surface area contributed by atoms with Crippen LogP contribution in [0, 0.1) is 0 Å². The second kappa shape index (κ2) is 9.82. The van der Waals surface area contributed by atoms with Crippen molar-refractivity contribution in [2.24, 2.45) is 5.16 Å². The van der Waals surface area contributed by atoms with E-state index in [0.717, 1.165) is 6.07 Å². The van der Waals surface area contributed by atoms with Crippen molar-refractivity contribution in [2.75, 3.05) is 20.8 Å². The molecule has 0 N–H and O–H groups in total. The Morgan fingerprint density at radius 1 is 1.13 bits per heavy atom. The van der Waals surface area contributed by atoms with Gasteiger partial charge in [-0.05, 0) is 25.0 Å². The van der Waals surface area contributed by atoms with Crippen LogP contribution in [0.15, 0.2) is 29.6 Å². The summed E-state index contributed by atoms with van der Waals surface area (Å²) < 4.78 is 54.0. The zero-order valence-corrected chi connectivity index (χ0v) is 18.1. The summed E-state index contributed by atoms with van der Waals surface area (Å²) in [6.07, 6.45) is -2.33. The van der Waals surface area contributed by atoms with E-state index in [-0.39, 0.29) is 23.6 Å². The van der Waals surface area contributed by atoms with Crippen molar-refractivity contribution >= 4 is 28.9 Å². The number of halogens is 5. The van der Waals surface area contributed by atoms with E-state index in [1.54, 1.807) is 12.1 Å². The number of rotatable bonds is 8. The van der Waals surface area contributed by atoms with Gasteiger partial charge in [-0.15, -0.1) is 0 Å². The predicted octanol–water partition coefficient (Wildman–Crippen LogP) is 5.78. The summed E-state index contributed by atoms with van der Waals surface area (Å²) in [6, 6.07) is 4.21. The molecule has 0 bridgehead atoms. The lowest BCUT2D eigenvalue weighted by Crippen LogP contribution is -2.12. The van der Waals surface area contributed by atoms with Crippen LogP contribution < -0.4 is 14.2 Å². The van der Waals surface area contributed by atoms with Gasteiger partial charge >= 0.3 is 6.18 Å². The summed E-state index contributed by atoms with van der Waals surface area (Å²) in [5.74, 6) is 1.01.